The minimum atomic E-state index is -4.59. The third-order valence-corrected chi connectivity index (χ3v) is 5.74. The molecule has 1 fully saturated rings. The van der Waals surface area contributed by atoms with Crippen molar-refractivity contribution in [2.24, 2.45) is 0 Å². The number of nitrogens with zero attached hydrogens (tertiary/aromatic N) is 2. The first-order valence-corrected chi connectivity index (χ1v) is 9.69. The quantitative estimate of drug-likeness (QED) is 0.697. The molecule has 11 heteroatoms. The van der Waals surface area contributed by atoms with Gasteiger partial charge in [-0.2, -0.15) is 13.2 Å². The maximum absolute atomic E-state index is 13.1. The lowest BCUT2D eigenvalue weighted by molar-refractivity contribution is -0.137. The van der Waals surface area contributed by atoms with E-state index < -0.39 is 34.2 Å². The number of rotatable bonds is 4. The number of nitrogens with one attached hydrogen (secondary N) is 2. The van der Waals surface area contributed by atoms with Crippen LogP contribution in [0.3, 0.4) is 0 Å². The number of benzene rings is 1. The third-order valence-electron chi connectivity index (χ3n) is 5.43. The number of alkyl halides is 3. The fraction of sp³-hybridized carbons (Fsp3) is 0.300. The van der Waals surface area contributed by atoms with E-state index in [-0.39, 0.29) is 37.5 Å². The first-order valence-electron chi connectivity index (χ1n) is 9.31. The summed E-state index contributed by atoms with van der Waals surface area (Å²) in [7, 11) is 0. The van der Waals surface area contributed by atoms with Crippen molar-refractivity contribution >= 4 is 29.4 Å². The largest absolute Gasteiger partial charge is 0.417 e. The number of hydrogen-bond donors (Lipinski definition) is 2. The Morgan fingerprint density at radius 2 is 1.90 bits per heavy atom. The number of aromatic nitrogens is 1. The van der Waals surface area contributed by atoms with Gasteiger partial charge in [0.05, 0.1) is 16.3 Å². The Hall–Kier alpha value is -3.14. The van der Waals surface area contributed by atoms with E-state index in [1.165, 1.54) is 17.2 Å². The maximum Gasteiger partial charge on any atom is 0.417 e. The monoisotopic (exact) mass is 452 g/mol. The zero-order chi connectivity index (χ0) is 22.4. The van der Waals surface area contributed by atoms with Gasteiger partial charge in [0.15, 0.2) is 5.54 Å². The molecule has 0 spiro atoms. The summed E-state index contributed by atoms with van der Waals surface area (Å²) in [6.45, 7) is 0.116. The second-order valence-electron chi connectivity index (χ2n) is 7.38. The second kappa shape index (κ2) is 7.52. The molecule has 7 nitrogen and oxygen atoms in total. The minimum Gasteiger partial charge on any atom is -0.334 e. The summed E-state index contributed by atoms with van der Waals surface area (Å²) in [6.07, 6.45) is -3.30. The molecule has 2 aromatic rings. The van der Waals surface area contributed by atoms with Gasteiger partial charge in [0.2, 0.25) is 5.91 Å². The molecule has 1 aromatic heterocycles. The van der Waals surface area contributed by atoms with Crippen molar-refractivity contribution < 1.29 is 27.6 Å². The molecule has 0 radical (unpaired) electrons. The minimum absolute atomic E-state index is 0.00353. The number of amides is 4. The van der Waals surface area contributed by atoms with Crippen LogP contribution < -0.4 is 10.6 Å². The van der Waals surface area contributed by atoms with Gasteiger partial charge in [-0.25, -0.2) is 4.79 Å². The molecule has 162 valence electrons. The molecule has 0 aliphatic carbocycles. The molecule has 2 aliphatic rings. The standard InChI is InChI=1S/C20H16ClF3N4O3/c21-14-8-12-10-28(9-11(12)7-13(14)20(22,23)24)16(29)4-5-19(15-3-1-2-6-25-15)17(30)26-18(31)27-19/h1-3,6-8H,4-5,9-10H2,(H2,26,27,30,31). The lowest BCUT2D eigenvalue weighted by atomic mass is 9.89. The van der Waals surface area contributed by atoms with Crippen molar-refractivity contribution in [2.75, 3.05) is 0 Å². The summed E-state index contributed by atoms with van der Waals surface area (Å²) in [5.41, 5.74) is -1.24. The molecule has 1 aromatic carbocycles. The van der Waals surface area contributed by atoms with Crippen molar-refractivity contribution in [1.29, 1.82) is 0 Å². The first-order chi connectivity index (χ1) is 14.6. The third kappa shape index (κ3) is 3.83. The summed E-state index contributed by atoms with van der Waals surface area (Å²) in [5.74, 6) is -0.986. The van der Waals surface area contributed by atoms with Crippen molar-refractivity contribution in [3.63, 3.8) is 0 Å². The Balaban J connectivity index is 1.51. The van der Waals surface area contributed by atoms with Crippen LogP contribution in [0.15, 0.2) is 36.5 Å². The Morgan fingerprint density at radius 3 is 2.48 bits per heavy atom. The summed E-state index contributed by atoms with van der Waals surface area (Å²) in [5, 5.41) is 4.30. The van der Waals surface area contributed by atoms with Gasteiger partial charge >= 0.3 is 12.2 Å². The van der Waals surface area contributed by atoms with E-state index in [1.54, 1.807) is 18.2 Å². The highest BCUT2D eigenvalue weighted by molar-refractivity contribution is 6.31. The first kappa shape index (κ1) is 21.1. The van der Waals surface area contributed by atoms with Crippen molar-refractivity contribution in [3.05, 3.63) is 63.9 Å². The predicted octanol–water partition coefficient (Wildman–Crippen LogP) is 3.11. The zero-order valence-corrected chi connectivity index (χ0v) is 16.7. The number of halogens is 4. The Labute approximate surface area is 179 Å². The van der Waals surface area contributed by atoms with Crippen LogP contribution >= 0.6 is 11.6 Å². The molecule has 0 bridgehead atoms. The van der Waals surface area contributed by atoms with Crippen LogP contribution in [0.5, 0.6) is 0 Å². The Morgan fingerprint density at radius 1 is 1.19 bits per heavy atom. The molecular formula is C20H16ClF3N4O3. The average Bonchev–Trinajstić information content (AvgIpc) is 3.25. The summed E-state index contributed by atoms with van der Waals surface area (Å²) < 4.78 is 39.3. The lowest BCUT2D eigenvalue weighted by Gasteiger charge is -2.26. The van der Waals surface area contributed by atoms with Crippen LogP contribution in [0.4, 0.5) is 18.0 Å². The second-order valence-corrected chi connectivity index (χ2v) is 7.78. The smallest absolute Gasteiger partial charge is 0.334 e. The number of hydrogen-bond acceptors (Lipinski definition) is 4. The van der Waals surface area contributed by atoms with Crippen LogP contribution in [0, 0.1) is 0 Å². The summed E-state index contributed by atoms with van der Waals surface area (Å²) >= 11 is 5.77. The van der Waals surface area contributed by atoms with Crippen LogP contribution in [0.2, 0.25) is 5.02 Å². The van der Waals surface area contributed by atoms with Crippen LogP contribution in [-0.4, -0.2) is 27.7 Å². The normalized spacial score (nSPS) is 20.5. The van der Waals surface area contributed by atoms with E-state index in [0.29, 0.717) is 11.1 Å². The molecule has 4 amide bonds. The molecular weight excluding hydrogens is 437 g/mol. The molecule has 2 aliphatic heterocycles. The zero-order valence-electron chi connectivity index (χ0n) is 15.9. The van der Waals surface area contributed by atoms with Crippen LogP contribution in [0.1, 0.15) is 35.2 Å². The molecule has 31 heavy (non-hydrogen) atoms. The van der Waals surface area contributed by atoms with Gasteiger partial charge in [-0.05, 0) is 41.8 Å². The fourth-order valence-electron chi connectivity index (χ4n) is 3.86. The molecule has 4 rings (SSSR count). The van der Waals surface area contributed by atoms with Crippen molar-refractivity contribution in [3.8, 4) is 0 Å². The summed E-state index contributed by atoms with van der Waals surface area (Å²) in [6, 6.07) is 6.38. The van der Waals surface area contributed by atoms with E-state index in [4.69, 9.17) is 11.6 Å². The highest BCUT2D eigenvalue weighted by atomic mass is 35.5. The summed E-state index contributed by atoms with van der Waals surface area (Å²) in [4.78, 5) is 42.6. The van der Waals surface area contributed by atoms with Crippen molar-refractivity contribution in [2.45, 2.75) is 37.6 Å². The molecule has 1 unspecified atom stereocenters. The highest BCUT2D eigenvalue weighted by Crippen LogP contribution is 2.39. The van der Waals surface area contributed by atoms with Crippen LogP contribution in [0.25, 0.3) is 0 Å². The van der Waals surface area contributed by atoms with E-state index in [0.717, 1.165) is 6.07 Å². The van der Waals surface area contributed by atoms with Gasteiger partial charge < -0.3 is 10.2 Å². The van der Waals surface area contributed by atoms with Gasteiger partial charge in [-0.3, -0.25) is 19.9 Å². The fourth-order valence-corrected chi connectivity index (χ4v) is 4.15. The number of carbonyl (C=O) groups excluding carboxylic acids is 3. The Bertz CT molecular complexity index is 1080. The van der Waals surface area contributed by atoms with E-state index >= 15 is 0 Å². The van der Waals surface area contributed by atoms with E-state index in [2.05, 4.69) is 15.6 Å². The van der Waals surface area contributed by atoms with Gasteiger partial charge in [0.1, 0.15) is 0 Å². The Kier molecular flexibility index (Phi) is 5.12. The molecule has 0 saturated carbocycles. The topological polar surface area (TPSA) is 91.4 Å². The van der Waals surface area contributed by atoms with Gasteiger partial charge in [0.25, 0.3) is 5.91 Å². The van der Waals surface area contributed by atoms with E-state index in [1.807, 2.05) is 0 Å². The molecule has 1 saturated heterocycles. The average molecular weight is 453 g/mol. The number of urea groups is 1. The highest BCUT2D eigenvalue weighted by Gasteiger charge is 2.49. The number of carbonyl (C=O) groups is 3. The maximum atomic E-state index is 13.1. The molecule has 2 N–H and O–H groups in total. The predicted molar refractivity (Wildman–Crippen MR) is 103 cm³/mol. The number of pyridine rings is 1. The van der Waals surface area contributed by atoms with Gasteiger partial charge in [-0.1, -0.05) is 17.7 Å². The van der Waals surface area contributed by atoms with E-state index in [9.17, 15) is 27.6 Å². The van der Waals surface area contributed by atoms with Gasteiger partial charge in [0, 0.05) is 25.7 Å². The molecule has 3 heterocycles. The lowest BCUT2D eigenvalue weighted by Crippen LogP contribution is -2.45. The van der Waals surface area contributed by atoms with Crippen molar-refractivity contribution in [1.82, 2.24) is 20.5 Å². The SMILES string of the molecule is O=C1NC(=O)C(CCC(=O)N2Cc3cc(Cl)c(C(F)(F)F)cc3C2)(c2ccccn2)N1. The van der Waals surface area contributed by atoms with Gasteiger partial charge in [-0.15, -0.1) is 0 Å². The number of fused-ring (bicyclic) bond motifs is 1. The molecule has 1 atom stereocenters. The number of imide groups is 1. The van der Waals surface area contributed by atoms with Crippen LogP contribution in [-0.2, 0) is 34.4 Å².